The third-order valence-corrected chi connectivity index (χ3v) is 5.15. The van der Waals surface area contributed by atoms with Gasteiger partial charge in [0.15, 0.2) is 0 Å². The van der Waals surface area contributed by atoms with Crippen molar-refractivity contribution in [2.24, 2.45) is 17.3 Å². The van der Waals surface area contributed by atoms with E-state index in [1.54, 1.807) is 0 Å². The van der Waals surface area contributed by atoms with Crippen molar-refractivity contribution >= 4 is 5.97 Å². The number of benzene rings is 1. The van der Waals surface area contributed by atoms with Crippen LogP contribution in [0.15, 0.2) is 30.3 Å². The van der Waals surface area contributed by atoms with Gasteiger partial charge in [-0.15, -0.1) is 0 Å². The molecule has 2 rings (SSSR count). The highest BCUT2D eigenvalue weighted by atomic mass is 16.4. The second kappa shape index (κ2) is 6.61. The third kappa shape index (κ3) is 3.65. The SMILES string of the molecule is CC(C)C1CCC(CC(O)c2ccccc2)(C(=O)O)CC1. The van der Waals surface area contributed by atoms with Crippen molar-refractivity contribution in [1.29, 1.82) is 0 Å². The Bertz CT molecular complexity index is 459. The smallest absolute Gasteiger partial charge is 0.309 e. The van der Waals surface area contributed by atoms with Crippen LogP contribution in [0, 0.1) is 17.3 Å². The Hall–Kier alpha value is -1.35. The van der Waals surface area contributed by atoms with E-state index in [4.69, 9.17) is 0 Å². The van der Waals surface area contributed by atoms with Crippen molar-refractivity contribution in [3.05, 3.63) is 35.9 Å². The van der Waals surface area contributed by atoms with Crippen LogP contribution in [0.2, 0.25) is 0 Å². The summed E-state index contributed by atoms with van der Waals surface area (Å²) in [5, 5.41) is 20.1. The van der Waals surface area contributed by atoms with Gasteiger partial charge in [-0.25, -0.2) is 0 Å². The molecule has 1 aliphatic carbocycles. The van der Waals surface area contributed by atoms with E-state index in [1.807, 2.05) is 30.3 Å². The number of aliphatic carboxylic acids is 1. The average molecular weight is 290 g/mol. The Labute approximate surface area is 127 Å². The van der Waals surface area contributed by atoms with Gasteiger partial charge in [0.1, 0.15) is 0 Å². The molecule has 1 saturated carbocycles. The number of hydrogen-bond donors (Lipinski definition) is 2. The van der Waals surface area contributed by atoms with Gasteiger partial charge < -0.3 is 10.2 Å². The van der Waals surface area contributed by atoms with Crippen LogP contribution in [0.5, 0.6) is 0 Å². The van der Waals surface area contributed by atoms with E-state index < -0.39 is 17.5 Å². The second-order valence-corrected chi connectivity index (χ2v) is 6.80. The molecule has 0 amide bonds. The Morgan fingerprint density at radius 2 is 1.81 bits per heavy atom. The molecule has 0 spiro atoms. The fraction of sp³-hybridized carbons (Fsp3) is 0.611. The number of hydrogen-bond acceptors (Lipinski definition) is 2. The first-order chi connectivity index (χ1) is 9.94. The fourth-order valence-corrected chi connectivity index (χ4v) is 3.53. The van der Waals surface area contributed by atoms with E-state index in [-0.39, 0.29) is 0 Å². The van der Waals surface area contributed by atoms with Crippen LogP contribution >= 0.6 is 0 Å². The van der Waals surface area contributed by atoms with Crippen molar-refractivity contribution in [3.8, 4) is 0 Å². The maximum absolute atomic E-state index is 11.8. The van der Waals surface area contributed by atoms with E-state index in [0.29, 0.717) is 31.1 Å². The summed E-state index contributed by atoms with van der Waals surface area (Å²) in [6.45, 7) is 4.41. The summed E-state index contributed by atoms with van der Waals surface area (Å²) in [6, 6.07) is 9.38. The molecule has 2 N–H and O–H groups in total. The molecule has 1 unspecified atom stereocenters. The number of aliphatic hydroxyl groups is 1. The predicted octanol–water partition coefficient (Wildman–Crippen LogP) is 4.03. The number of carboxylic acids is 1. The molecular weight excluding hydrogens is 264 g/mol. The monoisotopic (exact) mass is 290 g/mol. The lowest BCUT2D eigenvalue weighted by Gasteiger charge is -2.39. The Morgan fingerprint density at radius 1 is 1.24 bits per heavy atom. The summed E-state index contributed by atoms with van der Waals surface area (Å²) in [5.74, 6) is 0.474. The minimum absolute atomic E-state index is 0.317. The van der Waals surface area contributed by atoms with Crippen molar-refractivity contribution in [2.45, 2.75) is 52.1 Å². The highest BCUT2D eigenvalue weighted by Crippen LogP contribution is 2.46. The van der Waals surface area contributed by atoms with Crippen LogP contribution < -0.4 is 0 Å². The molecule has 3 heteroatoms. The summed E-state index contributed by atoms with van der Waals surface area (Å²) in [5.41, 5.74) is 0.0461. The van der Waals surface area contributed by atoms with Gasteiger partial charge in [-0.05, 0) is 49.5 Å². The van der Waals surface area contributed by atoms with Gasteiger partial charge >= 0.3 is 5.97 Å². The topological polar surface area (TPSA) is 57.5 Å². The predicted molar refractivity (Wildman–Crippen MR) is 82.9 cm³/mol. The molecule has 0 aromatic heterocycles. The lowest BCUT2D eigenvalue weighted by atomic mass is 9.65. The van der Waals surface area contributed by atoms with Gasteiger partial charge in [-0.2, -0.15) is 0 Å². The van der Waals surface area contributed by atoms with Gasteiger partial charge in [0.25, 0.3) is 0 Å². The quantitative estimate of drug-likeness (QED) is 0.861. The first-order valence-corrected chi connectivity index (χ1v) is 7.91. The number of carboxylic acid groups (broad SMARTS) is 1. The largest absolute Gasteiger partial charge is 0.481 e. The second-order valence-electron chi connectivity index (χ2n) is 6.80. The molecule has 0 radical (unpaired) electrons. The Balaban J connectivity index is 2.08. The molecule has 1 aliphatic rings. The van der Waals surface area contributed by atoms with Crippen molar-refractivity contribution < 1.29 is 15.0 Å². The van der Waals surface area contributed by atoms with Crippen LogP contribution in [0.4, 0.5) is 0 Å². The molecule has 21 heavy (non-hydrogen) atoms. The number of rotatable bonds is 5. The summed E-state index contributed by atoms with van der Waals surface area (Å²) in [6.07, 6.45) is 2.87. The van der Waals surface area contributed by atoms with Crippen LogP contribution in [-0.4, -0.2) is 16.2 Å². The molecule has 0 saturated heterocycles. The molecule has 0 aliphatic heterocycles. The normalized spacial score (nSPS) is 27.5. The Kier molecular flexibility index (Phi) is 5.04. The Morgan fingerprint density at radius 3 is 2.29 bits per heavy atom. The zero-order valence-corrected chi connectivity index (χ0v) is 13.0. The minimum Gasteiger partial charge on any atom is -0.481 e. The molecule has 0 heterocycles. The minimum atomic E-state index is -0.763. The van der Waals surface area contributed by atoms with Crippen molar-refractivity contribution in [1.82, 2.24) is 0 Å². The summed E-state index contributed by atoms with van der Waals surface area (Å²) in [4.78, 5) is 11.8. The van der Waals surface area contributed by atoms with Gasteiger partial charge in [-0.3, -0.25) is 4.79 Å². The van der Waals surface area contributed by atoms with E-state index in [2.05, 4.69) is 13.8 Å². The van der Waals surface area contributed by atoms with Crippen LogP contribution in [0.25, 0.3) is 0 Å². The molecule has 3 nitrogen and oxygen atoms in total. The third-order valence-electron chi connectivity index (χ3n) is 5.15. The zero-order chi connectivity index (χ0) is 15.5. The molecule has 1 aromatic rings. The van der Waals surface area contributed by atoms with Crippen LogP contribution in [0.3, 0.4) is 0 Å². The molecule has 0 bridgehead atoms. The van der Waals surface area contributed by atoms with Crippen molar-refractivity contribution in [3.63, 3.8) is 0 Å². The van der Waals surface area contributed by atoms with E-state index in [1.165, 1.54) is 0 Å². The van der Waals surface area contributed by atoms with E-state index in [9.17, 15) is 15.0 Å². The van der Waals surface area contributed by atoms with Crippen LogP contribution in [0.1, 0.15) is 57.6 Å². The summed E-state index contributed by atoms with van der Waals surface area (Å²) < 4.78 is 0. The number of carbonyl (C=O) groups is 1. The molecule has 1 fully saturated rings. The molecule has 1 aromatic carbocycles. The molecule has 1 atom stereocenters. The van der Waals surface area contributed by atoms with Gasteiger partial charge in [0.05, 0.1) is 11.5 Å². The first-order valence-electron chi connectivity index (χ1n) is 7.91. The lowest BCUT2D eigenvalue weighted by molar-refractivity contribution is -0.154. The summed E-state index contributed by atoms with van der Waals surface area (Å²) in [7, 11) is 0. The maximum atomic E-state index is 11.8. The standard InChI is InChI=1S/C18H26O3/c1-13(2)14-8-10-18(11-9-14,17(20)21)12-16(19)15-6-4-3-5-7-15/h3-7,13-14,16,19H,8-12H2,1-2H3,(H,20,21). The van der Waals surface area contributed by atoms with Gasteiger partial charge in [0.2, 0.25) is 0 Å². The number of aliphatic hydroxyl groups excluding tert-OH is 1. The molecule has 116 valence electrons. The van der Waals surface area contributed by atoms with Crippen LogP contribution in [-0.2, 0) is 4.79 Å². The zero-order valence-electron chi connectivity index (χ0n) is 13.0. The highest BCUT2D eigenvalue weighted by molar-refractivity contribution is 5.74. The lowest BCUT2D eigenvalue weighted by Crippen LogP contribution is -2.37. The van der Waals surface area contributed by atoms with E-state index in [0.717, 1.165) is 18.4 Å². The van der Waals surface area contributed by atoms with Crippen molar-refractivity contribution in [2.75, 3.05) is 0 Å². The molecular formula is C18H26O3. The highest BCUT2D eigenvalue weighted by Gasteiger charge is 2.43. The fourth-order valence-electron chi connectivity index (χ4n) is 3.53. The summed E-state index contributed by atoms with van der Waals surface area (Å²) >= 11 is 0. The van der Waals surface area contributed by atoms with Gasteiger partial charge in [0, 0.05) is 0 Å². The average Bonchev–Trinajstić information content (AvgIpc) is 2.48. The first kappa shape index (κ1) is 16.0. The van der Waals surface area contributed by atoms with Gasteiger partial charge in [-0.1, -0.05) is 44.2 Å². The van der Waals surface area contributed by atoms with E-state index >= 15 is 0 Å². The maximum Gasteiger partial charge on any atom is 0.309 e.